The molecule has 0 bridgehead atoms. The molecular weight excluding hydrogens is 404 g/mol. The van der Waals surface area contributed by atoms with Gasteiger partial charge < -0.3 is 24.5 Å². The van der Waals surface area contributed by atoms with E-state index in [4.69, 9.17) is 13.9 Å². The van der Waals surface area contributed by atoms with E-state index in [1.54, 1.807) is 6.26 Å². The highest BCUT2D eigenvalue weighted by Crippen LogP contribution is 2.24. The van der Waals surface area contributed by atoms with Crippen LogP contribution in [-0.4, -0.2) is 56.9 Å². The van der Waals surface area contributed by atoms with E-state index in [-0.39, 0.29) is 6.04 Å². The van der Waals surface area contributed by atoms with Crippen molar-refractivity contribution in [1.29, 1.82) is 0 Å². The van der Waals surface area contributed by atoms with E-state index in [1.165, 1.54) is 24.0 Å². The Balaban J connectivity index is 1.23. The third-order valence-corrected chi connectivity index (χ3v) is 6.28. The van der Waals surface area contributed by atoms with Gasteiger partial charge in [0, 0.05) is 33.4 Å². The van der Waals surface area contributed by atoms with Gasteiger partial charge >= 0.3 is 0 Å². The Bertz CT molecular complexity index is 810. The molecule has 1 unspecified atom stereocenters. The summed E-state index contributed by atoms with van der Waals surface area (Å²) in [6.07, 6.45) is 6.56. The quantitative estimate of drug-likeness (QED) is 0.460. The van der Waals surface area contributed by atoms with Crippen LogP contribution in [0.25, 0.3) is 0 Å². The first-order valence-corrected chi connectivity index (χ1v) is 11.8. The lowest BCUT2D eigenvalue weighted by atomic mass is 10.1. The Morgan fingerprint density at radius 3 is 2.53 bits per heavy atom. The van der Waals surface area contributed by atoms with Gasteiger partial charge in [0.25, 0.3) is 0 Å². The van der Waals surface area contributed by atoms with Gasteiger partial charge in [-0.05, 0) is 62.0 Å². The number of ether oxygens (including phenoxy) is 2. The fraction of sp³-hybridized carbons (Fsp3) is 0.560. The molecule has 7 heteroatoms. The summed E-state index contributed by atoms with van der Waals surface area (Å²) in [5.74, 6) is 1.81. The Labute approximate surface area is 191 Å². The first kappa shape index (κ1) is 22.8. The lowest BCUT2D eigenvalue weighted by Gasteiger charge is -2.26. The minimum absolute atomic E-state index is 0.223. The van der Waals surface area contributed by atoms with E-state index in [9.17, 15) is 0 Å². The van der Waals surface area contributed by atoms with Crippen LogP contribution in [0.4, 0.5) is 0 Å². The van der Waals surface area contributed by atoms with Gasteiger partial charge in [-0.25, -0.2) is 0 Å². The van der Waals surface area contributed by atoms with E-state index in [2.05, 4.69) is 50.9 Å². The normalized spacial score (nSPS) is 19.2. The zero-order valence-electron chi connectivity index (χ0n) is 19.1. The maximum Gasteiger partial charge on any atom is 0.191 e. The predicted octanol–water partition coefficient (Wildman–Crippen LogP) is 3.48. The molecule has 1 aromatic heterocycles. The predicted molar refractivity (Wildman–Crippen MR) is 126 cm³/mol. The number of furan rings is 1. The molecule has 32 heavy (non-hydrogen) atoms. The van der Waals surface area contributed by atoms with Gasteiger partial charge in [0.2, 0.25) is 0 Å². The molecule has 0 spiro atoms. The summed E-state index contributed by atoms with van der Waals surface area (Å²) >= 11 is 0. The van der Waals surface area contributed by atoms with Crippen molar-refractivity contribution in [2.75, 3.05) is 39.9 Å². The van der Waals surface area contributed by atoms with E-state index in [0.29, 0.717) is 12.7 Å². The number of guanidine groups is 1. The number of hydrogen-bond donors (Lipinski definition) is 2. The molecule has 2 N–H and O–H groups in total. The van der Waals surface area contributed by atoms with Gasteiger partial charge in [0.1, 0.15) is 5.76 Å². The van der Waals surface area contributed by atoms with E-state index >= 15 is 0 Å². The lowest BCUT2D eigenvalue weighted by Crippen LogP contribution is -2.42. The fourth-order valence-corrected chi connectivity index (χ4v) is 4.35. The molecule has 2 aromatic rings. The molecule has 2 aliphatic rings. The Morgan fingerprint density at radius 1 is 1.09 bits per heavy atom. The molecule has 7 nitrogen and oxygen atoms in total. The average molecular weight is 441 g/mol. The molecule has 2 saturated heterocycles. The zero-order chi connectivity index (χ0) is 22.0. The number of benzene rings is 1. The first-order chi connectivity index (χ1) is 15.8. The molecule has 0 saturated carbocycles. The van der Waals surface area contributed by atoms with Crippen molar-refractivity contribution in [2.45, 2.75) is 51.0 Å². The van der Waals surface area contributed by atoms with Crippen LogP contribution in [0.5, 0.6) is 0 Å². The van der Waals surface area contributed by atoms with Crippen molar-refractivity contribution in [3.05, 3.63) is 59.5 Å². The van der Waals surface area contributed by atoms with Crippen LogP contribution in [0.3, 0.4) is 0 Å². The average Bonchev–Trinajstić information content (AvgIpc) is 3.56. The lowest BCUT2D eigenvalue weighted by molar-refractivity contribution is -0.0390. The van der Waals surface area contributed by atoms with Gasteiger partial charge in [-0.1, -0.05) is 24.3 Å². The number of nitrogens with one attached hydrogen (secondary N) is 2. The highest BCUT2D eigenvalue weighted by molar-refractivity contribution is 5.79. The first-order valence-electron chi connectivity index (χ1n) is 11.8. The van der Waals surface area contributed by atoms with Crippen LogP contribution in [0.1, 0.15) is 48.6 Å². The Morgan fingerprint density at radius 2 is 1.84 bits per heavy atom. The van der Waals surface area contributed by atoms with Crippen LogP contribution in [0.2, 0.25) is 0 Å². The monoisotopic (exact) mass is 440 g/mol. The third kappa shape index (κ3) is 6.58. The standard InChI is InChI=1S/C25H36N4O3/c1-26-25(28-18-23(24-5-4-14-31-24)29-12-2-3-13-29)27-17-20-6-8-21(9-7-20)19-32-22-10-15-30-16-11-22/h4-9,14,22-23H,2-3,10-13,15-19H2,1H3,(H2,26,27,28). The van der Waals surface area contributed by atoms with E-state index in [0.717, 1.165) is 64.0 Å². The van der Waals surface area contributed by atoms with E-state index < -0.39 is 0 Å². The molecule has 2 fully saturated rings. The Hall–Kier alpha value is -2.35. The highest BCUT2D eigenvalue weighted by atomic mass is 16.5. The van der Waals surface area contributed by atoms with Gasteiger partial charge in [-0.2, -0.15) is 0 Å². The van der Waals surface area contributed by atoms with Gasteiger partial charge in [-0.15, -0.1) is 0 Å². The molecule has 4 rings (SSSR count). The number of nitrogens with zero attached hydrogens (tertiary/aromatic N) is 2. The molecule has 0 aliphatic carbocycles. The summed E-state index contributed by atoms with van der Waals surface area (Å²) in [5.41, 5.74) is 2.42. The largest absolute Gasteiger partial charge is 0.468 e. The van der Waals surface area contributed by atoms with Crippen molar-refractivity contribution in [3.63, 3.8) is 0 Å². The molecule has 2 aliphatic heterocycles. The molecule has 0 amide bonds. The van der Waals surface area contributed by atoms with Crippen LogP contribution >= 0.6 is 0 Å². The molecule has 1 aromatic carbocycles. The molecule has 1 atom stereocenters. The number of rotatable bonds is 9. The second-order valence-electron chi connectivity index (χ2n) is 8.52. The van der Waals surface area contributed by atoms with Crippen molar-refractivity contribution in [2.24, 2.45) is 4.99 Å². The van der Waals surface area contributed by atoms with Crippen molar-refractivity contribution in [1.82, 2.24) is 15.5 Å². The summed E-state index contributed by atoms with van der Waals surface area (Å²) < 4.78 is 17.1. The SMILES string of the molecule is CN=C(NCc1ccc(COC2CCOCC2)cc1)NCC(c1ccco1)N1CCCC1. The van der Waals surface area contributed by atoms with Crippen molar-refractivity contribution >= 4 is 5.96 Å². The summed E-state index contributed by atoms with van der Waals surface area (Å²) in [4.78, 5) is 6.88. The second-order valence-corrected chi connectivity index (χ2v) is 8.52. The van der Waals surface area contributed by atoms with Gasteiger partial charge in [0.15, 0.2) is 5.96 Å². The van der Waals surface area contributed by atoms with E-state index in [1.807, 2.05) is 13.1 Å². The number of hydrogen-bond acceptors (Lipinski definition) is 5. The maximum atomic E-state index is 6.02. The van der Waals surface area contributed by atoms with Crippen LogP contribution in [0, 0.1) is 0 Å². The van der Waals surface area contributed by atoms with Crippen LogP contribution in [0.15, 0.2) is 52.1 Å². The molecular formula is C25H36N4O3. The smallest absolute Gasteiger partial charge is 0.191 e. The van der Waals surface area contributed by atoms with Crippen LogP contribution < -0.4 is 10.6 Å². The van der Waals surface area contributed by atoms with Crippen molar-refractivity contribution in [3.8, 4) is 0 Å². The number of likely N-dealkylation sites (tertiary alicyclic amines) is 1. The second kappa shape index (κ2) is 12.0. The Kier molecular flexibility index (Phi) is 8.59. The third-order valence-electron chi connectivity index (χ3n) is 6.28. The summed E-state index contributed by atoms with van der Waals surface area (Å²) in [6, 6.07) is 12.8. The van der Waals surface area contributed by atoms with Crippen LogP contribution in [-0.2, 0) is 22.6 Å². The summed E-state index contributed by atoms with van der Waals surface area (Å²) in [7, 11) is 1.81. The maximum absolute atomic E-state index is 6.02. The summed E-state index contributed by atoms with van der Waals surface area (Å²) in [6.45, 7) is 5.99. The molecule has 3 heterocycles. The minimum Gasteiger partial charge on any atom is -0.468 e. The van der Waals surface area contributed by atoms with Gasteiger partial charge in [0.05, 0.1) is 25.0 Å². The minimum atomic E-state index is 0.223. The fourth-order valence-electron chi connectivity index (χ4n) is 4.35. The van der Waals surface area contributed by atoms with Crippen molar-refractivity contribution < 1.29 is 13.9 Å². The number of aliphatic imine (C=N–C) groups is 1. The molecule has 0 radical (unpaired) electrons. The topological polar surface area (TPSA) is 71.3 Å². The van der Waals surface area contributed by atoms with Gasteiger partial charge in [-0.3, -0.25) is 9.89 Å². The summed E-state index contributed by atoms with van der Waals surface area (Å²) in [5, 5.41) is 6.90. The molecule has 174 valence electrons. The highest BCUT2D eigenvalue weighted by Gasteiger charge is 2.25. The zero-order valence-corrected chi connectivity index (χ0v) is 19.1.